The molecule has 2 heteroatoms. The van der Waals surface area contributed by atoms with Crippen molar-refractivity contribution in [3.8, 4) is 0 Å². The Morgan fingerprint density at radius 1 is 1.50 bits per heavy atom. The van der Waals surface area contributed by atoms with Crippen LogP contribution in [0, 0.1) is 0 Å². The van der Waals surface area contributed by atoms with Gasteiger partial charge in [0.05, 0.1) is 5.70 Å². The Bertz CT molecular complexity index is 183. The maximum absolute atomic E-state index is 5.43. The van der Waals surface area contributed by atoms with Crippen LogP contribution >= 0.6 is 0 Å². The van der Waals surface area contributed by atoms with Gasteiger partial charge in [0.2, 0.25) is 0 Å². The Kier molecular flexibility index (Phi) is 1.10. The van der Waals surface area contributed by atoms with Gasteiger partial charge < -0.3 is 11.5 Å². The number of hydrogen-bond donors (Lipinski definition) is 2. The Labute approximate surface area is 48.2 Å². The van der Waals surface area contributed by atoms with Crippen molar-refractivity contribution in [1.82, 2.24) is 0 Å². The van der Waals surface area contributed by atoms with Gasteiger partial charge in [0, 0.05) is 18.2 Å². The molecular formula is C6H8N2. The number of allylic oxidation sites excluding steroid dienone is 2. The van der Waals surface area contributed by atoms with Crippen molar-refractivity contribution in [3.05, 3.63) is 29.3 Å². The molecule has 0 saturated carbocycles. The summed E-state index contributed by atoms with van der Waals surface area (Å²) in [7, 11) is 0. The van der Waals surface area contributed by atoms with E-state index in [4.69, 9.17) is 11.5 Å². The molecule has 0 aromatic rings. The molecule has 2 nitrogen and oxygen atoms in total. The average molecular weight is 108 g/mol. The average Bonchev–Trinajstić information content (AvgIpc) is 1.77. The zero-order valence-corrected chi connectivity index (χ0v) is 4.52. The van der Waals surface area contributed by atoms with E-state index in [2.05, 4.69) is 5.73 Å². The van der Waals surface area contributed by atoms with Gasteiger partial charge in [0.25, 0.3) is 0 Å². The number of hydrogen-bond acceptors (Lipinski definition) is 2. The molecule has 1 rings (SSSR count). The van der Waals surface area contributed by atoms with Gasteiger partial charge in [-0.25, -0.2) is 0 Å². The topological polar surface area (TPSA) is 52.0 Å². The molecule has 1 aliphatic rings. The highest BCUT2D eigenvalue weighted by molar-refractivity contribution is 5.25. The van der Waals surface area contributed by atoms with Gasteiger partial charge in [-0.05, 0) is 6.08 Å². The Morgan fingerprint density at radius 3 is 2.62 bits per heavy atom. The van der Waals surface area contributed by atoms with Gasteiger partial charge in [-0.15, -0.1) is 5.73 Å². The highest BCUT2D eigenvalue weighted by Crippen LogP contribution is 2.02. The van der Waals surface area contributed by atoms with Crippen LogP contribution < -0.4 is 11.5 Å². The summed E-state index contributed by atoms with van der Waals surface area (Å²) < 4.78 is 0. The summed E-state index contributed by atoms with van der Waals surface area (Å²) in [6.07, 6.45) is 4.27. The molecule has 0 atom stereocenters. The maximum atomic E-state index is 5.43. The first-order valence-corrected chi connectivity index (χ1v) is 2.46. The summed E-state index contributed by atoms with van der Waals surface area (Å²) in [4.78, 5) is 0. The van der Waals surface area contributed by atoms with E-state index >= 15 is 0 Å². The SMILES string of the molecule is NC1=C(N)CC=C=C1. The lowest BCUT2D eigenvalue weighted by molar-refractivity contribution is 1.10. The van der Waals surface area contributed by atoms with E-state index in [1.807, 2.05) is 6.08 Å². The summed E-state index contributed by atoms with van der Waals surface area (Å²) in [5, 5.41) is 0. The lowest BCUT2D eigenvalue weighted by Crippen LogP contribution is -2.08. The van der Waals surface area contributed by atoms with Gasteiger partial charge >= 0.3 is 0 Å². The smallest absolute Gasteiger partial charge is 0.0586 e. The van der Waals surface area contributed by atoms with E-state index in [0.29, 0.717) is 5.70 Å². The molecule has 0 unspecified atom stereocenters. The lowest BCUT2D eigenvalue weighted by atomic mass is 10.2. The molecule has 4 N–H and O–H groups in total. The van der Waals surface area contributed by atoms with Crippen LogP contribution in [0.2, 0.25) is 0 Å². The van der Waals surface area contributed by atoms with Crippen LogP contribution in [0.25, 0.3) is 0 Å². The van der Waals surface area contributed by atoms with Crippen molar-refractivity contribution < 1.29 is 0 Å². The second-order valence-electron chi connectivity index (χ2n) is 1.70. The van der Waals surface area contributed by atoms with E-state index in [1.54, 1.807) is 6.08 Å². The highest BCUT2D eigenvalue weighted by atomic mass is 14.7. The third-order valence-corrected chi connectivity index (χ3v) is 1.05. The maximum Gasteiger partial charge on any atom is 0.0586 e. The zero-order valence-electron chi connectivity index (χ0n) is 4.52. The molecule has 0 aromatic carbocycles. The second-order valence-corrected chi connectivity index (χ2v) is 1.70. The first-order valence-electron chi connectivity index (χ1n) is 2.46. The first kappa shape index (κ1) is 5.01. The van der Waals surface area contributed by atoms with Crippen LogP contribution in [0.4, 0.5) is 0 Å². The van der Waals surface area contributed by atoms with E-state index in [1.165, 1.54) is 0 Å². The van der Waals surface area contributed by atoms with Crippen molar-refractivity contribution in [1.29, 1.82) is 0 Å². The van der Waals surface area contributed by atoms with Crippen molar-refractivity contribution in [2.75, 3.05) is 0 Å². The summed E-state index contributed by atoms with van der Waals surface area (Å²) >= 11 is 0. The largest absolute Gasteiger partial charge is 0.400 e. The number of rotatable bonds is 0. The van der Waals surface area contributed by atoms with E-state index in [-0.39, 0.29) is 0 Å². The van der Waals surface area contributed by atoms with E-state index in [0.717, 1.165) is 12.1 Å². The van der Waals surface area contributed by atoms with Gasteiger partial charge in [-0.1, -0.05) is 0 Å². The molecule has 0 amide bonds. The van der Waals surface area contributed by atoms with Gasteiger partial charge in [-0.3, -0.25) is 0 Å². The van der Waals surface area contributed by atoms with Crippen LogP contribution in [0.5, 0.6) is 0 Å². The second kappa shape index (κ2) is 1.76. The minimum atomic E-state index is 0.646. The Morgan fingerprint density at radius 2 is 2.25 bits per heavy atom. The molecule has 1 aliphatic carbocycles. The van der Waals surface area contributed by atoms with Crippen molar-refractivity contribution >= 4 is 0 Å². The van der Waals surface area contributed by atoms with E-state index < -0.39 is 0 Å². The molecule has 42 valence electrons. The molecule has 0 aliphatic heterocycles. The minimum absolute atomic E-state index is 0.646. The third kappa shape index (κ3) is 0.745. The zero-order chi connectivity index (χ0) is 5.98. The molecule has 0 aromatic heterocycles. The van der Waals surface area contributed by atoms with Gasteiger partial charge in [-0.2, -0.15) is 0 Å². The number of nitrogens with two attached hydrogens (primary N) is 2. The van der Waals surface area contributed by atoms with Crippen LogP contribution in [0.15, 0.2) is 29.3 Å². The molecule has 0 heterocycles. The summed E-state index contributed by atoms with van der Waals surface area (Å²) in [6.45, 7) is 0. The summed E-state index contributed by atoms with van der Waals surface area (Å²) in [6, 6.07) is 0. The Balaban J connectivity index is 2.93. The molecule has 0 radical (unpaired) electrons. The molecule has 0 saturated heterocycles. The van der Waals surface area contributed by atoms with Crippen LogP contribution in [0.3, 0.4) is 0 Å². The monoisotopic (exact) mass is 108 g/mol. The van der Waals surface area contributed by atoms with Crippen LogP contribution in [0.1, 0.15) is 6.42 Å². The highest BCUT2D eigenvalue weighted by Gasteiger charge is 1.94. The third-order valence-electron chi connectivity index (χ3n) is 1.05. The molecule has 0 spiro atoms. The van der Waals surface area contributed by atoms with E-state index in [9.17, 15) is 0 Å². The Hall–Kier alpha value is -1.14. The lowest BCUT2D eigenvalue weighted by Gasteiger charge is -2.00. The van der Waals surface area contributed by atoms with Crippen molar-refractivity contribution in [2.24, 2.45) is 11.5 Å². The fraction of sp³-hybridized carbons (Fsp3) is 0.167. The molecular weight excluding hydrogens is 100 g/mol. The van der Waals surface area contributed by atoms with Crippen molar-refractivity contribution in [2.45, 2.75) is 6.42 Å². The fourth-order valence-corrected chi connectivity index (χ4v) is 0.528. The minimum Gasteiger partial charge on any atom is -0.400 e. The fourth-order valence-electron chi connectivity index (χ4n) is 0.528. The standard InChI is InChI=1S/C6H8N2/c7-5-3-1-2-4-6(5)8/h1,4H,3,7-8H2. The quantitative estimate of drug-likeness (QED) is 0.436. The van der Waals surface area contributed by atoms with Gasteiger partial charge in [0.1, 0.15) is 0 Å². The van der Waals surface area contributed by atoms with Crippen molar-refractivity contribution in [3.63, 3.8) is 0 Å². The summed E-state index contributed by atoms with van der Waals surface area (Å²) in [5.41, 5.74) is 15.1. The first-order chi connectivity index (χ1) is 3.80. The predicted octanol–water partition coefficient (Wildman–Crippen LogP) is 0.230. The normalized spacial score (nSPS) is 17.5. The molecule has 8 heavy (non-hydrogen) atoms. The molecule has 0 bridgehead atoms. The van der Waals surface area contributed by atoms with Crippen LogP contribution in [-0.4, -0.2) is 0 Å². The summed E-state index contributed by atoms with van der Waals surface area (Å²) in [5.74, 6) is 0. The predicted molar refractivity (Wildman–Crippen MR) is 32.7 cm³/mol. The molecule has 0 fully saturated rings. The van der Waals surface area contributed by atoms with Gasteiger partial charge in [0.15, 0.2) is 0 Å². The van der Waals surface area contributed by atoms with Crippen LogP contribution in [-0.2, 0) is 0 Å².